The molecule has 0 heterocycles. The van der Waals surface area contributed by atoms with Crippen LogP contribution < -0.4 is 10.5 Å². The minimum absolute atomic E-state index is 0.329. The molecule has 0 saturated heterocycles. The Morgan fingerprint density at radius 3 is 2.42 bits per heavy atom. The monoisotopic (exact) mass is 359 g/mol. The van der Waals surface area contributed by atoms with Gasteiger partial charge in [-0.1, -0.05) is 51.3 Å². The van der Waals surface area contributed by atoms with Crippen molar-refractivity contribution in [3.8, 4) is 5.75 Å². The van der Waals surface area contributed by atoms with Crippen LogP contribution in [0.4, 0.5) is 0 Å². The van der Waals surface area contributed by atoms with Crippen LogP contribution in [0, 0.1) is 0 Å². The number of hydrogen-bond acceptors (Lipinski definition) is 2. The maximum atomic E-state index is 6.13. The van der Waals surface area contributed by atoms with Crippen LogP contribution in [0.25, 0.3) is 0 Å². The summed E-state index contributed by atoms with van der Waals surface area (Å²) >= 11 is 15.5. The quantitative estimate of drug-likeness (QED) is 0.850. The highest BCUT2D eigenvalue weighted by molar-refractivity contribution is 9.10. The summed E-state index contributed by atoms with van der Waals surface area (Å²) in [4.78, 5) is 0. The van der Waals surface area contributed by atoms with Gasteiger partial charge in [0, 0.05) is 21.6 Å². The molecule has 2 aromatic rings. The van der Waals surface area contributed by atoms with Gasteiger partial charge in [-0.3, -0.25) is 0 Å². The van der Waals surface area contributed by atoms with Crippen LogP contribution in [0.1, 0.15) is 11.1 Å². The molecule has 0 spiro atoms. The van der Waals surface area contributed by atoms with Gasteiger partial charge in [-0.25, -0.2) is 0 Å². The van der Waals surface area contributed by atoms with Gasteiger partial charge in [0.15, 0.2) is 0 Å². The topological polar surface area (TPSA) is 35.2 Å². The Balaban J connectivity index is 2.17. The molecule has 0 unspecified atom stereocenters. The molecule has 0 aliphatic carbocycles. The molecule has 2 N–H and O–H groups in total. The summed E-state index contributed by atoms with van der Waals surface area (Å²) in [5, 5.41) is 1.03. The van der Waals surface area contributed by atoms with E-state index in [2.05, 4.69) is 15.9 Å². The maximum absolute atomic E-state index is 6.13. The lowest BCUT2D eigenvalue weighted by Gasteiger charge is -2.13. The molecule has 0 amide bonds. The zero-order valence-electron chi connectivity index (χ0n) is 10.00. The summed E-state index contributed by atoms with van der Waals surface area (Å²) in [6.07, 6.45) is 0. The second-order valence-corrected chi connectivity index (χ2v) is 5.75. The minimum Gasteiger partial charge on any atom is -0.487 e. The van der Waals surface area contributed by atoms with Gasteiger partial charge in [-0.05, 0) is 29.8 Å². The molecule has 0 aliphatic heterocycles. The van der Waals surface area contributed by atoms with E-state index in [0.717, 1.165) is 15.6 Å². The summed E-state index contributed by atoms with van der Waals surface area (Å²) in [7, 11) is 0. The fourth-order valence-corrected chi connectivity index (χ4v) is 2.52. The van der Waals surface area contributed by atoms with Gasteiger partial charge in [0.1, 0.15) is 12.4 Å². The molecule has 2 aromatic carbocycles. The number of rotatable bonds is 4. The van der Waals surface area contributed by atoms with Gasteiger partial charge < -0.3 is 10.5 Å². The van der Waals surface area contributed by atoms with Gasteiger partial charge in [0.25, 0.3) is 0 Å². The van der Waals surface area contributed by atoms with E-state index < -0.39 is 0 Å². The van der Waals surface area contributed by atoms with Crippen LogP contribution in [0.5, 0.6) is 5.75 Å². The van der Waals surface area contributed by atoms with Crippen molar-refractivity contribution in [3.05, 3.63) is 62.0 Å². The van der Waals surface area contributed by atoms with E-state index in [1.54, 1.807) is 12.1 Å². The molecule has 0 saturated carbocycles. The van der Waals surface area contributed by atoms with E-state index in [9.17, 15) is 0 Å². The Hall–Kier alpha value is -0.740. The Bertz CT molecular complexity index is 572. The predicted octanol–water partition coefficient (Wildman–Crippen LogP) is 4.79. The Labute approximate surface area is 130 Å². The SMILES string of the molecule is NCc1cc(Cl)cc(Cl)c1OCc1ccc(Br)cc1. The van der Waals surface area contributed by atoms with Crippen molar-refractivity contribution in [2.24, 2.45) is 5.73 Å². The molecular formula is C14H12BrCl2NO. The third-order valence-corrected chi connectivity index (χ3v) is 3.63. The maximum Gasteiger partial charge on any atom is 0.142 e. The number of benzene rings is 2. The Morgan fingerprint density at radius 1 is 1.11 bits per heavy atom. The standard InChI is InChI=1S/C14H12BrCl2NO/c15-11-3-1-9(2-4-11)8-19-14-10(7-18)5-12(16)6-13(14)17/h1-6H,7-8,18H2. The second kappa shape index (κ2) is 6.62. The average Bonchev–Trinajstić information content (AvgIpc) is 2.39. The van der Waals surface area contributed by atoms with E-state index in [4.69, 9.17) is 33.7 Å². The smallest absolute Gasteiger partial charge is 0.142 e. The number of hydrogen-bond donors (Lipinski definition) is 1. The normalized spacial score (nSPS) is 10.5. The van der Waals surface area contributed by atoms with E-state index in [1.165, 1.54) is 0 Å². The first-order valence-electron chi connectivity index (χ1n) is 5.65. The number of halogens is 3. The molecule has 5 heteroatoms. The summed E-state index contributed by atoms with van der Waals surface area (Å²) in [6, 6.07) is 11.3. The van der Waals surface area contributed by atoms with Crippen molar-refractivity contribution in [1.82, 2.24) is 0 Å². The molecular weight excluding hydrogens is 349 g/mol. The number of ether oxygens (including phenoxy) is 1. The predicted molar refractivity (Wildman–Crippen MR) is 82.8 cm³/mol. The second-order valence-electron chi connectivity index (χ2n) is 4.00. The van der Waals surface area contributed by atoms with Crippen molar-refractivity contribution >= 4 is 39.1 Å². The summed E-state index contributed by atoms with van der Waals surface area (Å²) in [5.74, 6) is 0.594. The lowest BCUT2D eigenvalue weighted by Crippen LogP contribution is -2.03. The molecule has 2 rings (SSSR count). The average molecular weight is 361 g/mol. The van der Waals surface area contributed by atoms with Crippen LogP contribution in [0.2, 0.25) is 10.0 Å². The van der Waals surface area contributed by atoms with Crippen molar-refractivity contribution in [2.45, 2.75) is 13.2 Å². The molecule has 100 valence electrons. The molecule has 19 heavy (non-hydrogen) atoms. The summed E-state index contributed by atoms with van der Waals surface area (Å²) < 4.78 is 6.78. The number of nitrogens with two attached hydrogens (primary N) is 1. The molecule has 0 atom stereocenters. The van der Waals surface area contributed by atoms with Crippen LogP contribution in [-0.4, -0.2) is 0 Å². The van der Waals surface area contributed by atoms with Crippen LogP contribution in [0.3, 0.4) is 0 Å². The lowest BCUT2D eigenvalue weighted by atomic mass is 10.2. The van der Waals surface area contributed by atoms with Gasteiger partial charge in [0.2, 0.25) is 0 Å². The van der Waals surface area contributed by atoms with E-state index >= 15 is 0 Å². The minimum atomic E-state index is 0.329. The fraction of sp³-hybridized carbons (Fsp3) is 0.143. The third-order valence-electron chi connectivity index (χ3n) is 2.60. The van der Waals surface area contributed by atoms with Crippen molar-refractivity contribution in [1.29, 1.82) is 0 Å². The van der Waals surface area contributed by atoms with Crippen molar-refractivity contribution in [3.63, 3.8) is 0 Å². The van der Waals surface area contributed by atoms with E-state index in [0.29, 0.717) is 28.9 Å². The van der Waals surface area contributed by atoms with Crippen LogP contribution in [0.15, 0.2) is 40.9 Å². The zero-order valence-corrected chi connectivity index (χ0v) is 13.1. The van der Waals surface area contributed by atoms with Crippen molar-refractivity contribution in [2.75, 3.05) is 0 Å². The highest BCUT2D eigenvalue weighted by atomic mass is 79.9. The van der Waals surface area contributed by atoms with Gasteiger partial charge >= 0.3 is 0 Å². The molecule has 0 radical (unpaired) electrons. The Kier molecular flexibility index (Phi) is 5.11. The summed E-state index contributed by atoms with van der Waals surface area (Å²) in [6.45, 7) is 0.761. The first-order valence-corrected chi connectivity index (χ1v) is 7.20. The first-order chi connectivity index (χ1) is 9.10. The van der Waals surface area contributed by atoms with Crippen molar-refractivity contribution < 1.29 is 4.74 Å². The fourth-order valence-electron chi connectivity index (χ4n) is 1.66. The summed E-state index contributed by atoms with van der Waals surface area (Å²) in [5.41, 5.74) is 7.53. The van der Waals surface area contributed by atoms with E-state index in [-0.39, 0.29) is 0 Å². The Morgan fingerprint density at radius 2 is 1.79 bits per heavy atom. The third kappa shape index (κ3) is 3.86. The zero-order chi connectivity index (χ0) is 13.8. The molecule has 0 fully saturated rings. The van der Waals surface area contributed by atoms with Gasteiger partial charge in [0.05, 0.1) is 5.02 Å². The molecule has 0 bridgehead atoms. The molecule has 0 aromatic heterocycles. The molecule has 0 aliphatic rings. The lowest BCUT2D eigenvalue weighted by molar-refractivity contribution is 0.303. The largest absolute Gasteiger partial charge is 0.487 e. The first kappa shape index (κ1) is 14.7. The highest BCUT2D eigenvalue weighted by Gasteiger charge is 2.10. The van der Waals surface area contributed by atoms with Crippen LogP contribution in [-0.2, 0) is 13.2 Å². The van der Waals surface area contributed by atoms with Gasteiger partial charge in [-0.15, -0.1) is 0 Å². The van der Waals surface area contributed by atoms with Gasteiger partial charge in [-0.2, -0.15) is 0 Å². The van der Waals surface area contributed by atoms with Crippen LogP contribution >= 0.6 is 39.1 Å². The highest BCUT2D eigenvalue weighted by Crippen LogP contribution is 2.32. The molecule has 2 nitrogen and oxygen atoms in total. The van der Waals surface area contributed by atoms with E-state index in [1.807, 2.05) is 24.3 Å².